The lowest BCUT2D eigenvalue weighted by Crippen LogP contribution is -2.42. The highest BCUT2D eigenvalue weighted by Gasteiger charge is 2.24. The van der Waals surface area contributed by atoms with Gasteiger partial charge in [-0.2, -0.15) is 0 Å². The van der Waals surface area contributed by atoms with Crippen molar-refractivity contribution < 1.29 is 4.79 Å². The van der Waals surface area contributed by atoms with E-state index in [2.05, 4.69) is 37.6 Å². The molecule has 1 aromatic heterocycles. The van der Waals surface area contributed by atoms with Crippen molar-refractivity contribution in [1.29, 1.82) is 0 Å². The SMILES string of the molecule is CCC(CC)N(CC(C)C)C(=O)c1cccc2[nH]ccc12. The van der Waals surface area contributed by atoms with Gasteiger partial charge in [0.25, 0.3) is 5.91 Å². The molecule has 0 saturated heterocycles. The molecule has 1 amide bonds. The summed E-state index contributed by atoms with van der Waals surface area (Å²) in [6.07, 6.45) is 3.89. The van der Waals surface area contributed by atoms with Gasteiger partial charge in [-0.05, 0) is 37.0 Å². The fraction of sp³-hybridized carbons (Fsp3) is 0.500. The molecule has 0 atom stereocenters. The molecule has 0 saturated carbocycles. The first kappa shape index (κ1) is 15.6. The Balaban J connectivity index is 2.39. The van der Waals surface area contributed by atoms with Crippen LogP contribution in [0.4, 0.5) is 0 Å². The minimum absolute atomic E-state index is 0.155. The lowest BCUT2D eigenvalue weighted by Gasteiger charge is -2.32. The maximum Gasteiger partial charge on any atom is 0.254 e. The molecule has 0 fully saturated rings. The highest BCUT2D eigenvalue weighted by Crippen LogP contribution is 2.22. The second kappa shape index (κ2) is 6.79. The Morgan fingerprint density at radius 3 is 2.52 bits per heavy atom. The third-order valence-electron chi connectivity index (χ3n) is 4.03. The van der Waals surface area contributed by atoms with Crippen LogP contribution in [0.1, 0.15) is 50.9 Å². The number of benzene rings is 1. The number of hydrogen-bond donors (Lipinski definition) is 1. The lowest BCUT2D eigenvalue weighted by molar-refractivity contribution is 0.0642. The van der Waals surface area contributed by atoms with Crippen LogP contribution in [0.3, 0.4) is 0 Å². The van der Waals surface area contributed by atoms with E-state index in [0.29, 0.717) is 12.0 Å². The standard InChI is InChI=1S/C18H26N2O/c1-5-14(6-2)20(12-13(3)4)18(21)16-8-7-9-17-15(16)10-11-19-17/h7-11,13-14,19H,5-6,12H2,1-4H3. The first-order chi connectivity index (χ1) is 10.1. The van der Waals surface area contributed by atoms with Gasteiger partial charge in [0.15, 0.2) is 0 Å². The second-order valence-electron chi connectivity index (χ2n) is 6.07. The summed E-state index contributed by atoms with van der Waals surface area (Å²) in [4.78, 5) is 18.3. The van der Waals surface area contributed by atoms with E-state index >= 15 is 0 Å². The molecule has 3 nitrogen and oxygen atoms in total. The number of nitrogens with one attached hydrogen (secondary N) is 1. The summed E-state index contributed by atoms with van der Waals surface area (Å²) in [6, 6.07) is 8.20. The van der Waals surface area contributed by atoms with Gasteiger partial charge in [0.05, 0.1) is 0 Å². The third-order valence-corrected chi connectivity index (χ3v) is 4.03. The summed E-state index contributed by atoms with van der Waals surface area (Å²) in [6.45, 7) is 9.46. The van der Waals surface area contributed by atoms with Gasteiger partial charge in [0.2, 0.25) is 0 Å². The molecule has 1 N–H and O–H groups in total. The summed E-state index contributed by atoms with van der Waals surface area (Å²) >= 11 is 0. The Hall–Kier alpha value is -1.77. The number of nitrogens with zero attached hydrogens (tertiary/aromatic N) is 1. The largest absolute Gasteiger partial charge is 0.361 e. The zero-order chi connectivity index (χ0) is 15.4. The lowest BCUT2D eigenvalue weighted by atomic mass is 10.0. The van der Waals surface area contributed by atoms with Gasteiger partial charge in [-0.15, -0.1) is 0 Å². The molecular weight excluding hydrogens is 260 g/mol. The minimum Gasteiger partial charge on any atom is -0.361 e. The molecule has 2 aromatic rings. The van der Waals surface area contributed by atoms with Crippen molar-refractivity contribution >= 4 is 16.8 Å². The number of hydrogen-bond acceptors (Lipinski definition) is 1. The molecule has 0 aliphatic rings. The topological polar surface area (TPSA) is 36.1 Å². The molecule has 3 heteroatoms. The van der Waals surface area contributed by atoms with Crippen LogP contribution in [0.2, 0.25) is 0 Å². The van der Waals surface area contributed by atoms with Crippen molar-refractivity contribution in [3.63, 3.8) is 0 Å². The monoisotopic (exact) mass is 286 g/mol. The summed E-state index contributed by atoms with van der Waals surface area (Å²) in [5.74, 6) is 0.627. The van der Waals surface area contributed by atoms with E-state index < -0.39 is 0 Å². The number of amides is 1. The Morgan fingerprint density at radius 1 is 1.19 bits per heavy atom. The van der Waals surface area contributed by atoms with Gasteiger partial charge >= 0.3 is 0 Å². The average molecular weight is 286 g/mol. The Labute approximate surface area is 127 Å². The summed E-state index contributed by atoms with van der Waals surface area (Å²) < 4.78 is 0. The maximum absolute atomic E-state index is 13.1. The first-order valence-corrected chi connectivity index (χ1v) is 7.95. The minimum atomic E-state index is 0.155. The molecule has 2 rings (SSSR count). The van der Waals surface area contributed by atoms with Crippen LogP contribution in [-0.2, 0) is 0 Å². The summed E-state index contributed by atoms with van der Waals surface area (Å²) in [5, 5.41) is 1.02. The fourth-order valence-corrected chi connectivity index (χ4v) is 2.95. The predicted octanol–water partition coefficient (Wildman–Crippen LogP) is 4.45. The van der Waals surface area contributed by atoms with Crippen LogP contribution in [0.25, 0.3) is 10.9 Å². The number of fused-ring (bicyclic) bond motifs is 1. The van der Waals surface area contributed by atoms with Gasteiger partial charge in [-0.3, -0.25) is 4.79 Å². The number of carbonyl (C=O) groups excluding carboxylic acids is 1. The van der Waals surface area contributed by atoms with E-state index in [9.17, 15) is 4.79 Å². The first-order valence-electron chi connectivity index (χ1n) is 7.95. The van der Waals surface area contributed by atoms with Gasteiger partial charge in [0, 0.05) is 35.2 Å². The fourth-order valence-electron chi connectivity index (χ4n) is 2.95. The summed E-state index contributed by atoms with van der Waals surface area (Å²) in [7, 11) is 0. The average Bonchev–Trinajstić information content (AvgIpc) is 2.94. The number of aromatic nitrogens is 1. The quantitative estimate of drug-likeness (QED) is 0.836. The molecule has 114 valence electrons. The van der Waals surface area contributed by atoms with E-state index in [1.54, 1.807) is 0 Å². The zero-order valence-corrected chi connectivity index (χ0v) is 13.5. The van der Waals surface area contributed by atoms with Gasteiger partial charge in [-0.1, -0.05) is 33.8 Å². The van der Waals surface area contributed by atoms with E-state index in [0.717, 1.165) is 35.9 Å². The van der Waals surface area contributed by atoms with E-state index in [4.69, 9.17) is 0 Å². The van der Waals surface area contributed by atoms with Gasteiger partial charge in [0.1, 0.15) is 0 Å². The second-order valence-corrected chi connectivity index (χ2v) is 6.07. The van der Waals surface area contributed by atoms with Crippen LogP contribution < -0.4 is 0 Å². The van der Waals surface area contributed by atoms with Crippen LogP contribution in [-0.4, -0.2) is 28.4 Å². The number of aromatic amines is 1. The maximum atomic E-state index is 13.1. The van der Waals surface area contributed by atoms with Crippen molar-refractivity contribution in [2.24, 2.45) is 5.92 Å². The van der Waals surface area contributed by atoms with Crippen molar-refractivity contribution in [3.05, 3.63) is 36.0 Å². The molecule has 0 spiro atoms. The molecule has 0 unspecified atom stereocenters. The van der Waals surface area contributed by atoms with Crippen LogP contribution in [0.15, 0.2) is 30.5 Å². The van der Waals surface area contributed by atoms with Crippen molar-refractivity contribution in [2.75, 3.05) is 6.54 Å². The molecule has 1 heterocycles. The van der Waals surface area contributed by atoms with E-state index in [1.165, 1.54) is 0 Å². The molecule has 0 radical (unpaired) electrons. The van der Waals surface area contributed by atoms with Crippen molar-refractivity contribution in [1.82, 2.24) is 9.88 Å². The van der Waals surface area contributed by atoms with Crippen molar-refractivity contribution in [3.8, 4) is 0 Å². The molecule has 0 aliphatic carbocycles. The third kappa shape index (κ3) is 3.29. The predicted molar refractivity (Wildman–Crippen MR) is 88.5 cm³/mol. The summed E-state index contributed by atoms with van der Waals surface area (Å²) in [5.41, 5.74) is 1.83. The van der Waals surface area contributed by atoms with Crippen LogP contribution >= 0.6 is 0 Å². The number of carbonyl (C=O) groups is 1. The van der Waals surface area contributed by atoms with Crippen LogP contribution in [0, 0.1) is 5.92 Å². The Morgan fingerprint density at radius 2 is 1.90 bits per heavy atom. The van der Waals surface area contributed by atoms with E-state index in [1.807, 2.05) is 30.5 Å². The Bertz CT molecular complexity index is 596. The van der Waals surface area contributed by atoms with E-state index in [-0.39, 0.29) is 5.91 Å². The van der Waals surface area contributed by atoms with Gasteiger partial charge in [-0.25, -0.2) is 0 Å². The number of H-pyrrole nitrogens is 1. The highest BCUT2D eigenvalue weighted by atomic mass is 16.2. The van der Waals surface area contributed by atoms with Crippen LogP contribution in [0.5, 0.6) is 0 Å². The molecule has 1 aromatic carbocycles. The molecule has 21 heavy (non-hydrogen) atoms. The number of rotatable bonds is 6. The highest BCUT2D eigenvalue weighted by molar-refractivity contribution is 6.06. The molecule has 0 aliphatic heterocycles. The molecular formula is C18H26N2O. The Kier molecular flexibility index (Phi) is 5.05. The normalized spacial score (nSPS) is 11.5. The smallest absolute Gasteiger partial charge is 0.254 e. The zero-order valence-electron chi connectivity index (χ0n) is 13.5. The van der Waals surface area contributed by atoms with Gasteiger partial charge < -0.3 is 9.88 Å². The molecule has 0 bridgehead atoms. The van der Waals surface area contributed by atoms with Crippen molar-refractivity contribution in [2.45, 2.75) is 46.6 Å².